The minimum Gasteiger partial charge on any atom is -0.424 e. The van der Waals surface area contributed by atoms with E-state index in [1.165, 1.54) is 30.6 Å². The summed E-state index contributed by atoms with van der Waals surface area (Å²) in [6.07, 6.45) is -2.15. The van der Waals surface area contributed by atoms with Crippen LogP contribution in [0.3, 0.4) is 0 Å². The van der Waals surface area contributed by atoms with Gasteiger partial charge in [0.1, 0.15) is 11.3 Å². The van der Waals surface area contributed by atoms with Crippen LogP contribution in [0.15, 0.2) is 30.6 Å². The monoisotopic (exact) mass is 422 g/mol. The summed E-state index contributed by atoms with van der Waals surface area (Å²) < 4.78 is 50.8. The highest BCUT2D eigenvalue weighted by Gasteiger charge is 2.57. The first kappa shape index (κ1) is 20.1. The lowest BCUT2D eigenvalue weighted by molar-refractivity contribution is -0.272. The van der Waals surface area contributed by atoms with Crippen molar-refractivity contribution in [1.82, 2.24) is 15.3 Å². The number of nitrogens with zero attached hydrogens (tertiary/aromatic N) is 3. The summed E-state index contributed by atoms with van der Waals surface area (Å²) in [4.78, 5) is 33.2. The van der Waals surface area contributed by atoms with E-state index in [9.17, 15) is 22.8 Å². The molecule has 0 radical (unpaired) electrons. The fourth-order valence-electron chi connectivity index (χ4n) is 3.29. The van der Waals surface area contributed by atoms with Crippen LogP contribution in [0.2, 0.25) is 0 Å². The van der Waals surface area contributed by atoms with Crippen LogP contribution < -0.4 is 15.0 Å². The molecule has 2 aliphatic heterocycles. The number of aromatic nitrogens is 2. The average Bonchev–Trinajstić information content (AvgIpc) is 3.10. The van der Waals surface area contributed by atoms with Crippen molar-refractivity contribution in [1.29, 1.82) is 0 Å². The molecule has 1 saturated heterocycles. The van der Waals surface area contributed by atoms with E-state index < -0.39 is 29.3 Å². The lowest BCUT2D eigenvalue weighted by Gasteiger charge is -2.27. The van der Waals surface area contributed by atoms with Gasteiger partial charge in [0, 0.05) is 5.56 Å². The summed E-state index contributed by atoms with van der Waals surface area (Å²) in [5, 5.41) is 2.54. The van der Waals surface area contributed by atoms with Gasteiger partial charge in [0.15, 0.2) is 5.60 Å². The summed E-state index contributed by atoms with van der Waals surface area (Å²) in [6.45, 7) is 3.95. The largest absolute Gasteiger partial charge is 0.424 e. The van der Waals surface area contributed by atoms with E-state index in [0.29, 0.717) is 5.56 Å². The van der Waals surface area contributed by atoms with Crippen LogP contribution in [0, 0.1) is 0 Å². The van der Waals surface area contributed by atoms with E-state index in [1.54, 1.807) is 13.8 Å². The van der Waals surface area contributed by atoms with Crippen LogP contribution >= 0.6 is 0 Å². The number of alkyl halides is 3. The van der Waals surface area contributed by atoms with Crippen molar-refractivity contribution >= 4 is 17.6 Å². The number of amides is 3. The Morgan fingerprint density at radius 1 is 1.17 bits per heavy atom. The maximum Gasteiger partial charge on any atom is 0.421 e. The van der Waals surface area contributed by atoms with Crippen molar-refractivity contribution in [2.24, 2.45) is 0 Å². The maximum atomic E-state index is 13.4. The zero-order valence-corrected chi connectivity index (χ0v) is 16.2. The summed E-state index contributed by atoms with van der Waals surface area (Å²) >= 11 is 0. The molecule has 0 bridgehead atoms. The molecule has 158 valence electrons. The minimum absolute atomic E-state index is 0.0364. The summed E-state index contributed by atoms with van der Waals surface area (Å²) in [6, 6.07) is 3.46. The number of carbonyl (C=O) groups is 2. The molecular weight excluding hydrogens is 405 g/mol. The number of hydrogen-bond donors (Lipinski definition) is 1. The molecule has 0 aliphatic carbocycles. The van der Waals surface area contributed by atoms with Crippen LogP contribution in [-0.4, -0.2) is 33.6 Å². The smallest absolute Gasteiger partial charge is 0.421 e. The number of benzene rings is 1. The molecule has 30 heavy (non-hydrogen) atoms. The predicted octanol–water partition coefficient (Wildman–Crippen LogP) is 3.41. The van der Waals surface area contributed by atoms with E-state index >= 15 is 0 Å². The van der Waals surface area contributed by atoms with Gasteiger partial charge in [-0.3, -0.25) is 4.79 Å². The van der Waals surface area contributed by atoms with E-state index in [4.69, 9.17) is 9.47 Å². The van der Waals surface area contributed by atoms with Crippen LogP contribution in [0.1, 0.15) is 31.9 Å². The number of rotatable bonds is 3. The van der Waals surface area contributed by atoms with Gasteiger partial charge in [-0.15, -0.1) is 0 Å². The number of halogens is 3. The first-order valence-electron chi connectivity index (χ1n) is 8.93. The van der Waals surface area contributed by atoms with Gasteiger partial charge < -0.3 is 14.8 Å². The molecule has 8 nitrogen and oxygen atoms in total. The van der Waals surface area contributed by atoms with Crippen LogP contribution in [0.4, 0.5) is 23.7 Å². The maximum absolute atomic E-state index is 13.4. The van der Waals surface area contributed by atoms with Crippen molar-refractivity contribution in [3.8, 4) is 11.8 Å². The number of carbonyl (C=O) groups excluding carboxylic acids is 2. The van der Waals surface area contributed by atoms with E-state index in [1.807, 2.05) is 0 Å². The summed E-state index contributed by atoms with van der Waals surface area (Å²) in [7, 11) is 0. The Morgan fingerprint density at radius 2 is 1.83 bits per heavy atom. The molecule has 1 atom stereocenters. The second kappa shape index (κ2) is 6.39. The van der Waals surface area contributed by atoms with Crippen molar-refractivity contribution in [3.63, 3.8) is 0 Å². The van der Waals surface area contributed by atoms with Gasteiger partial charge in [0.25, 0.3) is 5.91 Å². The zero-order valence-electron chi connectivity index (χ0n) is 16.2. The van der Waals surface area contributed by atoms with Gasteiger partial charge in [-0.25, -0.2) is 19.7 Å². The van der Waals surface area contributed by atoms with E-state index in [2.05, 4.69) is 15.3 Å². The summed E-state index contributed by atoms with van der Waals surface area (Å²) in [5.41, 5.74) is -2.96. The quantitative estimate of drug-likeness (QED) is 0.762. The third-order valence-corrected chi connectivity index (χ3v) is 5.09. The standard InChI is InChI=1S/C19H17F3N4O4/c1-17(2)14(27)26(16(28)25-17)11-7-23-15(24-8-11)30-12-5-4-10-9-29-18(3,13(10)6-12)19(20,21)22/h4-8H,9H2,1-3H3,(H,25,28)/t18-/m1/s1. The number of anilines is 1. The molecule has 2 aliphatic rings. The van der Waals surface area contributed by atoms with Crippen LogP contribution in [0.5, 0.6) is 11.8 Å². The van der Waals surface area contributed by atoms with Crippen molar-refractivity contribution in [2.45, 2.75) is 44.7 Å². The zero-order chi connectivity index (χ0) is 21.9. The molecule has 11 heteroatoms. The number of fused-ring (bicyclic) bond motifs is 1. The SMILES string of the molecule is CC1(C)NC(=O)N(c2cnc(Oc3ccc4c(c3)[C@](C)(C(F)(F)F)OC4)nc2)C1=O. The molecule has 3 heterocycles. The first-order valence-corrected chi connectivity index (χ1v) is 8.93. The van der Waals surface area contributed by atoms with Crippen molar-refractivity contribution in [3.05, 3.63) is 41.7 Å². The van der Waals surface area contributed by atoms with Gasteiger partial charge in [-0.2, -0.15) is 13.2 Å². The van der Waals surface area contributed by atoms with E-state index in [0.717, 1.165) is 11.8 Å². The van der Waals surface area contributed by atoms with Crippen LogP contribution in [-0.2, 0) is 21.7 Å². The molecular formula is C19H17F3N4O4. The Bertz CT molecular complexity index is 1040. The molecule has 0 unspecified atom stereocenters. The van der Waals surface area contributed by atoms with Crippen molar-refractivity contribution < 1.29 is 32.2 Å². The fraction of sp³-hybridized carbons (Fsp3) is 0.368. The lowest BCUT2D eigenvalue weighted by Crippen LogP contribution is -2.40. The second-order valence-corrected chi connectivity index (χ2v) is 7.66. The molecule has 1 aromatic carbocycles. The number of imide groups is 1. The molecule has 0 saturated carbocycles. The molecule has 1 aromatic heterocycles. The number of urea groups is 1. The van der Waals surface area contributed by atoms with Crippen LogP contribution in [0.25, 0.3) is 0 Å². The van der Waals surface area contributed by atoms with Gasteiger partial charge in [-0.05, 0) is 38.5 Å². The van der Waals surface area contributed by atoms with Gasteiger partial charge >= 0.3 is 18.2 Å². The Balaban J connectivity index is 1.56. The lowest BCUT2D eigenvalue weighted by atomic mass is 9.93. The summed E-state index contributed by atoms with van der Waals surface area (Å²) in [5.74, 6) is -0.367. The van der Waals surface area contributed by atoms with E-state index in [-0.39, 0.29) is 29.6 Å². The highest BCUT2D eigenvalue weighted by Crippen LogP contribution is 2.48. The second-order valence-electron chi connectivity index (χ2n) is 7.66. The van der Waals surface area contributed by atoms with Crippen molar-refractivity contribution in [2.75, 3.05) is 4.90 Å². The molecule has 0 spiro atoms. The molecule has 3 amide bonds. The Hall–Kier alpha value is -3.21. The highest BCUT2D eigenvalue weighted by molar-refractivity contribution is 6.22. The predicted molar refractivity (Wildman–Crippen MR) is 96.8 cm³/mol. The average molecular weight is 422 g/mol. The Labute approximate surface area is 169 Å². The number of nitrogens with one attached hydrogen (secondary N) is 1. The molecule has 1 N–H and O–H groups in total. The fourth-order valence-corrected chi connectivity index (χ4v) is 3.29. The number of ether oxygens (including phenoxy) is 2. The Kier molecular flexibility index (Phi) is 4.28. The van der Waals surface area contributed by atoms with Gasteiger partial charge in [0.2, 0.25) is 0 Å². The van der Waals surface area contributed by atoms with Gasteiger partial charge in [-0.1, -0.05) is 6.07 Å². The van der Waals surface area contributed by atoms with Gasteiger partial charge in [0.05, 0.1) is 24.7 Å². The highest BCUT2D eigenvalue weighted by atomic mass is 19.4. The molecule has 4 rings (SSSR count). The molecule has 1 fully saturated rings. The minimum atomic E-state index is -4.59. The Morgan fingerprint density at radius 3 is 2.40 bits per heavy atom. The normalized spacial score (nSPS) is 22.8. The first-order chi connectivity index (χ1) is 13.9. The third kappa shape index (κ3) is 3.05. The molecule has 2 aromatic rings. The third-order valence-electron chi connectivity index (χ3n) is 5.09. The number of hydrogen-bond acceptors (Lipinski definition) is 6. The topological polar surface area (TPSA) is 93.7 Å².